The number of ether oxygens (including phenoxy) is 1. The molecule has 1 unspecified atom stereocenters. The van der Waals surface area contributed by atoms with E-state index in [1.807, 2.05) is 6.92 Å². The van der Waals surface area contributed by atoms with E-state index in [1.54, 1.807) is 11.8 Å². The highest BCUT2D eigenvalue weighted by molar-refractivity contribution is 8.14. The zero-order valence-electron chi connectivity index (χ0n) is 9.28. The van der Waals surface area contributed by atoms with Crippen molar-refractivity contribution in [3.63, 3.8) is 0 Å². The van der Waals surface area contributed by atoms with Crippen LogP contribution in [0, 0.1) is 0 Å². The lowest BCUT2D eigenvalue weighted by molar-refractivity contribution is -0.142. The third-order valence-corrected chi connectivity index (χ3v) is 3.40. The standard InChI is InChI=1S/C10H18N2O2S/c1-3-8-7-12-10(15-8)11-6-5-9(13)14-4-2/h8H,3-7H2,1-2H3,(H,11,12). The summed E-state index contributed by atoms with van der Waals surface area (Å²) in [6.45, 7) is 5.93. The molecule has 1 rings (SSSR count). The summed E-state index contributed by atoms with van der Waals surface area (Å²) in [7, 11) is 0. The molecular formula is C10H18N2O2S. The Morgan fingerprint density at radius 3 is 3.07 bits per heavy atom. The first-order valence-electron chi connectivity index (χ1n) is 5.36. The van der Waals surface area contributed by atoms with E-state index in [0.29, 0.717) is 24.8 Å². The SMILES string of the molecule is CCOC(=O)CCNC1=NCC(CC)S1. The Morgan fingerprint density at radius 1 is 1.67 bits per heavy atom. The number of amidine groups is 1. The molecule has 1 aliphatic rings. The largest absolute Gasteiger partial charge is 0.466 e. The number of carbonyl (C=O) groups is 1. The van der Waals surface area contributed by atoms with Gasteiger partial charge in [0.25, 0.3) is 0 Å². The van der Waals surface area contributed by atoms with Crippen LogP contribution in [-0.2, 0) is 9.53 Å². The second-order valence-corrected chi connectivity index (χ2v) is 4.56. The summed E-state index contributed by atoms with van der Waals surface area (Å²) in [5, 5.41) is 4.72. The number of nitrogens with zero attached hydrogens (tertiary/aromatic N) is 1. The van der Waals surface area contributed by atoms with Crippen LogP contribution in [-0.4, -0.2) is 36.1 Å². The minimum Gasteiger partial charge on any atom is -0.466 e. The Morgan fingerprint density at radius 2 is 2.47 bits per heavy atom. The van der Waals surface area contributed by atoms with Gasteiger partial charge in [0.05, 0.1) is 19.6 Å². The van der Waals surface area contributed by atoms with Gasteiger partial charge < -0.3 is 10.1 Å². The van der Waals surface area contributed by atoms with Gasteiger partial charge in [0.1, 0.15) is 0 Å². The first kappa shape index (κ1) is 12.4. The van der Waals surface area contributed by atoms with Crippen molar-refractivity contribution in [2.75, 3.05) is 19.7 Å². The van der Waals surface area contributed by atoms with Crippen molar-refractivity contribution in [1.82, 2.24) is 5.32 Å². The molecule has 0 aromatic carbocycles. The number of thioether (sulfide) groups is 1. The molecule has 0 spiro atoms. The van der Waals surface area contributed by atoms with E-state index in [1.165, 1.54) is 0 Å². The highest BCUT2D eigenvalue weighted by Crippen LogP contribution is 2.21. The van der Waals surface area contributed by atoms with Crippen LogP contribution in [0.4, 0.5) is 0 Å². The van der Waals surface area contributed by atoms with Gasteiger partial charge in [-0.25, -0.2) is 0 Å². The molecule has 4 nitrogen and oxygen atoms in total. The summed E-state index contributed by atoms with van der Waals surface area (Å²) >= 11 is 1.76. The van der Waals surface area contributed by atoms with Crippen LogP contribution >= 0.6 is 11.8 Å². The summed E-state index contributed by atoms with van der Waals surface area (Å²) < 4.78 is 4.82. The number of rotatable bonds is 5. The van der Waals surface area contributed by atoms with E-state index in [-0.39, 0.29) is 5.97 Å². The predicted octanol–water partition coefficient (Wildman–Crippen LogP) is 1.41. The van der Waals surface area contributed by atoms with Crippen molar-refractivity contribution in [1.29, 1.82) is 0 Å². The minimum atomic E-state index is -0.152. The molecule has 5 heteroatoms. The molecule has 0 saturated carbocycles. The number of aliphatic imine (C=N–C) groups is 1. The maximum absolute atomic E-state index is 11.0. The van der Waals surface area contributed by atoms with Gasteiger partial charge in [-0.3, -0.25) is 9.79 Å². The third kappa shape index (κ3) is 4.55. The smallest absolute Gasteiger partial charge is 0.307 e. The van der Waals surface area contributed by atoms with Crippen molar-refractivity contribution in [3.05, 3.63) is 0 Å². The maximum atomic E-state index is 11.0. The van der Waals surface area contributed by atoms with Gasteiger partial charge in [0.2, 0.25) is 0 Å². The summed E-state index contributed by atoms with van der Waals surface area (Å²) in [6, 6.07) is 0. The van der Waals surface area contributed by atoms with Gasteiger partial charge in [-0.15, -0.1) is 0 Å². The highest BCUT2D eigenvalue weighted by atomic mass is 32.2. The Bertz CT molecular complexity index is 244. The molecule has 0 saturated heterocycles. The van der Waals surface area contributed by atoms with Gasteiger partial charge in [-0.05, 0) is 13.3 Å². The van der Waals surface area contributed by atoms with Gasteiger partial charge in [0, 0.05) is 11.8 Å². The second-order valence-electron chi connectivity index (χ2n) is 3.28. The van der Waals surface area contributed by atoms with E-state index >= 15 is 0 Å². The lowest BCUT2D eigenvalue weighted by Gasteiger charge is -2.06. The van der Waals surface area contributed by atoms with Crippen LogP contribution < -0.4 is 5.32 Å². The molecule has 1 aliphatic heterocycles. The molecular weight excluding hydrogens is 212 g/mol. The van der Waals surface area contributed by atoms with E-state index in [0.717, 1.165) is 18.1 Å². The third-order valence-electron chi connectivity index (χ3n) is 2.08. The van der Waals surface area contributed by atoms with E-state index in [9.17, 15) is 4.79 Å². The predicted molar refractivity (Wildman–Crippen MR) is 63.2 cm³/mol. The zero-order chi connectivity index (χ0) is 11.1. The number of hydrogen-bond donors (Lipinski definition) is 1. The monoisotopic (exact) mass is 230 g/mol. The molecule has 0 amide bonds. The Kier molecular flexibility index (Phi) is 5.53. The summed E-state index contributed by atoms with van der Waals surface area (Å²) in [5.74, 6) is -0.152. The summed E-state index contributed by atoms with van der Waals surface area (Å²) in [6.07, 6.45) is 1.54. The van der Waals surface area contributed by atoms with Crippen LogP contribution in [0.15, 0.2) is 4.99 Å². The normalized spacial score (nSPS) is 19.9. The first-order chi connectivity index (χ1) is 7.26. The number of carbonyl (C=O) groups excluding carboxylic acids is 1. The van der Waals surface area contributed by atoms with Crippen molar-refractivity contribution >= 4 is 22.9 Å². The molecule has 0 radical (unpaired) electrons. The average molecular weight is 230 g/mol. The fourth-order valence-corrected chi connectivity index (χ4v) is 2.20. The van der Waals surface area contributed by atoms with Gasteiger partial charge >= 0.3 is 5.97 Å². The van der Waals surface area contributed by atoms with Gasteiger partial charge in [-0.1, -0.05) is 18.7 Å². The van der Waals surface area contributed by atoms with Crippen molar-refractivity contribution < 1.29 is 9.53 Å². The van der Waals surface area contributed by atoms with Crippen LogP contribution in [0.25, 0.3) is 0 Å². The van der Waals surface area contributed by atoms with Crippen molar-refractivity contribution in [3.8, 4) is 0 Å². The molecule has 0 aliphatic carbocycles. The van der Waals surface area contributed by atoms with E-state index in [4.69, 9.17) is 4.74 Å². The quantitative estimate of drug-likeness (QED) is 0.726. The maximum Gasteiger partial charge on any atom is 0.307 e. The molecule has 1 atom stereocenters. The Labute approximate surface area is 94.9 Å². The highest BCUT2D eigenvalue weighted by Gasteiger charge is 2.17. The topological polar surface area (TPSA) is 50.7 Å². The summed E-state index contributed by atoms with van der Waals surface area (Å²) in [5.41, 5.74) is 0. The molecule has 86 valence electrons. The number of hydrogen-bond acceptors (Lipinski definition) is 5. The van der Waals surface area contributed by atoms with Crippen molar-refractivity contribution in [2.24, 2.45) is 4.99 Å². The molecule has 1 heterocycles. The molecule has 15 heavy (non-hydrogen) atoms. The minimum absolute atomic E-state index is 0.152. The Hall–Kier alpha value is -0.710. The van der Waals surface area contributed by atoms with Crippen molar-refractivity contribution in [2.45, 2.75) is 31.9 Å². The van der Waals surface area contributed by atoms with Crippen LogP contribution in [0.5, 0.6) is 0 Å². The van der Waals surface area contributed by atoms with Gasteiger partial charge in [0.15, 0.2) is 5.17 Å². The molecule has 0 aromatic rings. The lowest BCUT2D eigenvalue weighted by atomic mass is 10.3. The van der Waals surface area contributed by atoms with Crippen LogP contribution in [0.2, 0.25) is 0 Å². The van der Waals surface area contributed by atoms with Crippen LogP contribution in [0.1, 0.15) is 26.7 Å². The van der Waals surface area contributed by atoms with Crippen LogP contribution in [0.3, 0.4) is 0 Å². The second kappa shape index (κ2) is 6.71. The van der Waals surface area contributed by atoms with E-state index in [2.05, 4.69) is 17.2 Å². The zero-order valence-corrected chi connectivity index (χ0v) is 10.1. The van der Waals surface area contributed by atoms with E-state index < -0.39 is 0 Å². The fourth-order valence-electron chi connectivity index (χ4n) is 1.23. The molecule has 0 fully saturated rings. The fraction of sp³-hybridized carbons (Fsp3) is 0.800. The summed E-state index contributed by atoms with van der Waals surface area (Å²) in [4.78, 5) is 15.4. The lowest BCUT2D eigenvalue weighted by Crippen LogP contribution is -2.23. The van der Waals surface area contributed by atoms with Gasteiger partial charge in [-0.2, -0.15) is 0 Å². The molecule has 0 aromatic heterocycles. The number of esters is 1. The first-order valence-corrected chi connectivity index (χ1v) is 6.24. The molecule has 1 N–H and O–H groups in total. The Balaban J connectivity index is 2.08. The number of nitrogens with one attached hydrogen (secondary N) is 1. The molecule has 0 bridgehead atoms. The average Bonchev–Trinajstić information content (AvgIpc) is 2.66.